The van der Waals surface area contributed by atoms with Gasteiger partial charge in [-0.15, -0.1) is 24.2 Å². The van der Waals surface area contributed by atoms with Crippen molar-refractivity contribution in [2.24, 2.45) is 11.8 Å². The molecular formula is C18H24ClNO4S. The standard InChI is InChI=1S/C18H23NO4S.ClH/c1-10-2-5-14(17(20)21)16(6-10)24-13-4-3-11-9-19-15(18(22)23)8-12(11)7-13;/h2,5-6,11-13,15,19H,3-4,7-9H2,1H3,(H,20,21)(H,22,23);1H/t11-,12-,13-,15-;/m0./s1. The van der Waals surface area contributed by atoms with Gasteiger partial charge in [-0.2, -0.15) is 0 Å². The first-order valence-corrected chi connectivity index (χ1v) is 9.28. The summed E-state index contributed by atoms with van der Waals surface area (Å²) >= 11 is 1.65. The van der Waals surface area contributed by atoms with Crippen LogP contribution in [0, 0.1) is 18.8 Å². The van der Waals surface area contributed by atoms with Crippen LogP contribution in [0.5, 0.6) is 0 Å². The van der Waals surface area contributed by atoms with E-state index in [0.717, 1.165) is 36.3 Å². The van der Waals surface area contributed by atoms with Gasteiger partial charge in [-0.3, -0.25) is 4.79 Å². The molecule has 4 atom stereocenters. The van der Waals surface area contributed by atoms with Gasteiger partial charge in [0.1, 0.15) is 6.04 Å². The van der Waals surface area contributed by atoms with E-state index in [1.807, 2.05) is 19.1 Å². The topological polar surface area (TPSA) is 86.6 Å². The summed E-state index contributed by atoms with van der Waals surface area (Å²) in [5, 5.41) is 22.1. The van der Waals surface area contributed by atoms with E-state index >= 15 is 0 Å². The van der Waals surface area contributed by atoms with Gasteiger partial charge in [-0.05, 0) is 68.7 Å². The summed E-state index contributed by atoms with van der Waals surface area (Å²) in [6.45, 7) is 2.75. The van der Waals surface area contributed by atoms with Crippen LogP contribution in [0.2, 0.25) is 0 Å². The average Bonchev–Trinajstić information content (AvgIpc) is 2.54. The number of benzene rings is 1. The maximum atomic E-state index is 11.4. The molecule has 25 heavy (non-hydrogen) atoms. The van der Waals surface area contributed by atoms with Crippen molar-refractivity contribution in [3.8, 4) is 0 Å². The maximum Gasteiger partial charge on any atom is 0.336 e. The lowest BCUT2D eigenvalue weighted by molar-refractivity contribution is -0.141. The zero-order valence-corrected chi connectivity index (χ0v) is 15.7. The molecule has 7 heteroatoms. The fourth-order valence-electron chi connectivity index (χ4n) is 3.90. The molecule has 2 fully saturated rings. The molecule has 1 aliphatic heterocycles. The van der Waals surface area contributed by atoms with E-state index in [4.69, 9.17) is 0 Å². The number of carboxylic acid groups (broad SMARTS) is 2. The van der Waals surface area contributed by atoms with E-state index in [2.05, 4.69) is 5.32 Å². The predicted molar refractivity (Wildman–Crippen MR) is 99.9 cm³/mol. The summed E-state index contributed by atoms with van der Waals surface area (Å²) in [5.74, 6) is -0.695. The second-order valence-electron chi connectivity index (χ2n) is 6.91. The second kappa shape index (κ2) is 8.43. The van der Waals surface area contributed by atoms with Gasteiger partial charge in [0.25, 0.3) is 0 Å². The van der Waals surface area contributed by atoms with Gasteiger partial charge < -0.3 is 15.5 Å². The van der Waals surface area contributed by atoms with E-state index in [-0.39, 0.29) is 12.4 Å². The summed E-state index contributed by atoms with van der Waals surface area (Å²) in [5.41, 5.74) is 1.42. The molecule has 1 heterocycles. The van der Waals surface area contributed by atoms with Crippen LogP contribution in [0.15, 0.2) is 23.1 Å². The molecule has 0 spiro atoms. The normalized spacial score (nSPS) is 28.5. The van der Waals surface area contributed by atoms with E-state index in [1.165, 1.54) is 0 Å². The molecule has 0 bridgehead atoms. The Bertz CT molecular complexity index is 654. The number of hydrogen-bond donors (Lipinski definition) is 3. The van der Waals surface area contributed by atoms with Gasteiger partial charge in [0.2, 0.25) is 0 Å². The average molecular weight is 386 g/mol. The van der Waals surface area contributed by atoms with Crippen LogP contribution in [0.4, 0.5) is 0 Å². The molecule has 1 saturated carbocycles. The van der Waals surface area contributed by atoms with Crippen LogP contribution >= 0.6 is 24.2 Å². The minimum absolute atomic E-state index is 0. The highest BCUT2D eigenvalue weighted by atomic mass is 35.5. The lowest BCUT2D eigenvalue weighted by atomic mass is 9.73. The summed E-state index contributed by atoms with van der Waals surface area (Å²) in [6, 6.07) is 5.01. The molecule has 3 N–H and O–H groups in total. The Morgan fingerprint density at radius 1 is 1.16 bits per heavy atom. The second-order valence-corrected chi connectivity index (χ2v) is 8.25. The highest BCUT2D eigenvalue weighted by Gasteiger charge is 2.38. The summed E-state index contributed by atoms with van der Waals surface area (Å²) < 4.78 is 0. The van der Waals surface area contributed by atoms with Crippen LogP contribution in [0.3, 0.4) is 0 Å². The molecule has 0 aromatic heterocycles. The van der Waals surface area contributed by atoms with Crippen molar-refractivity contribution in [2.45, 2.75) is 48.8 Å². The fraction of sp³-hybridized carbons (Fsp3) is 0.556. The largest absolute Gasteiger partial charge is 0.480 e. The van der Waals surface area contributed by atoms with Crippen molar-refractivity contribution < 1.29 is 19.8 Å². The molecule has 3 rings (SSSR count). The number of hydrogen-bond acceptors (Lipinski definition) is 4. The Hall–Kier alpha value is -1.24. The predicted octanol–water partition coefficient (Wildman–Crippen LogP) is 3.44. The molecular weight excluding hydrogens is 362 g/mol. The van der Waals surface area contributed by atoms with Gasteiger partial charge >= 0.3 is 11.9 Å². The fourth-order valence-corrected chi connectivity index (χ4v) is 5.39. The van der Waals surface area contributed by atoms with Gasteiger partial charge in [0.15, 0.2) is 0 Å². The van der Waals surface area contributed by atoms with Crippen LogP contribution < -0.4 is 5.32 Å². The molecule has 1 saturated heterocycles. The van der Waals surface area contributed by atoms with E-state index in [0.29, 0.717) is 29.1 Å². The van der Waals surface area contributed by atoms with Crippen molar-refractivity contribution in [2.75, 3.05) is 6.54 Å². The quantitative estimate of drug-likeness (QED) is 0.736. The number of aromatic carboxylic acids is 1. The third-order valence-electron chi connectivity index (χ3n) is 5.22. The van der Waals surface area contributed by atoms with Gasteiger partial charge in [-0.1, -0.05) is 6.07 Å². The zero-order valence-electron chi connectivity index (χ0n) is 14.1. The Balaban J connectivity index is 0.00000225. The molecule has 0 unspecified atom stereocenters. The van der Waals surface area contributed by atoms with Crippen molar-refractivity contribution in [3.05, 3.63) is 29.3 Å². The van der Waals surface area contributed by atoms with Crippen molar-refractivity contribution in [1.29, 1.82) is 0 Å². The molecule has 0 amide bonds. The van der Waals surface area contributed by atoms with Crippen molar-refractivity contribution in [3.63, 3.8) is 0 Å². The van der Waals surface area contributed by atoms with Gasteiger partial charge in [0, 0.05) is 10.1 Å². The number of nitrogens with one attached hydrogen (secondary N) is 1. The molecule has 138 valence electrons. The number of aryl methyl sites for hydroxylation is 1. The lowest BCUT2D eigenvalue weighted by Crippen LogP contribution is -2.49. The molecule has 2 aliphatic rings. The number of carbonyl (C=O) groups is 2. The molecule has 1 aromatic rings. The Labute approximate surface area is 158 Å². The summed E-state index contributed by atoms with van der Waals surface area (Å²) in [4.78, 5) is 23.5. The number of carboxylic acids is 2. The molecule has 5 nitrogen and oxygen atoms in total. The lowest BCUT2D eigenvalue weighted by Gasteiger charge is -2.41. The molecule has 0 radical (unpaired) electrons. The van der Waals surface area contributed by atoms with Crippen LogP contribution in [0.25, 0.3) is 0 Å². The van der Waals surface area contributed by atoms with Crippen LogP contribution in [0.1, 0.15) is 41.6 Å². The number of fused-ring (bicyclic) bond motifs is 1. The zero-order chi connectivity index (χ0) is 17.3. The van der Waals surface area contributed by atoms with Gasteiger partial charge in [0.05, 0.1) is 5.56 Å². The van der Waals surface area contributed by atoms with E-state index < -0.39 is 18.0 Å². The number of aliphatic carboxylic acids is 1. The van der Waals surface area contributed by atoms with E-state index in [1.54, 1.807) is 17.8 Å². The summed E-state index contributed by atoms with van der Waals surface area (Å²) in [6.07, 6.45) is 3.78. The highest BCUT2D eigenvalue weighted by molar-refractivity contribution is 8.00. The number of thioether (sulfide) groups is 1. The monoisotopic (exact) mass is 385 g/mol. The minimum Gasteiger partial charge on any atom is -0.480 e. The summed E-state index contributed by atoms with van der Waals surface area (Å²) in [7, 11) is 0. The third kappa shape index (κ3) is 4.68. The number of rotatable bonds is 4. The van der Waals surface area contributed by atoms with Crippen LogP contribution in [-0.2, 0) is 4.79 Å². The number of halogens is 1. The van der Waals surface area contributed by atoms with Gasteiger partial charge in [-0.25, -0.2) is 4.79 Å². The smallest absolute Gasteiger partial charge is 0.336 e. The minimum atomic E-state index is -0.890. The first kappa shape index (κ1) is 20.1. The Morgan fingerprint density at radius 3 is 2.60 bits per heavy atom. The first-order chi connectivity index (χ1) is 11.4. The van der Waals surface area contributed by atoms with E-state index in [9.17, 15) is 19.8 Å². The Kier molecular flexibility index (Phi) is 6.77. The molecule has 1 aliphatic carbocycles. The highest BCUT2D eigenvalue weighted by Crippen LogP contribution is 2.43. The Morgan fingerprint density at radius 2 is 1.92 bits per heavy atom. The number of piperidine rings is 1. The molecule has 1 aromatic carbocycles. The van der Waals surface area contributed by atoms with Crippen molar-refractivity contribution >= 4 is 36.1 Å². The SMILES string of the molecule is Cc1ccc(C(=O)O)c(S[C@H]2CC[C@H]3CN[C@H](C(=O)O)C[C@@H]3C2)c1.Cl. The first-order valence-electron chi connectivity index (χ1n) is 8.41. The maximum absolute atomic E-state index is 11.4. The van der Waals surface area contributed by atoms with Crippen molar-refractivity contribution in [1.82, 2.24) is 5.32 Å². The van der Waals surface area contributed by atoms with Crippen LogP contribution in [-0.4, -0.2) is 40.0 Å². The third-order valence-corrected chi connectivity index (χ3v) is 6.57.